The van der Waals surface area contributed by atoms with E-state index < -0.39 is 39.6 Å². The Morgan fingerprint density at radius 2 is 2.03 bits per heavy atom. The first-order valence-corrected chi connectivity index (χ1v) is 12.8. The molecule has 0 bridgehead atoms. The van der Waals surface area contributed by atoms with Crippen LogP contribution in [-0.4, -0.2) is 61.4 Å². The topological polar surface area (TPSA) is 94.6 Å². The van der Waals surface area contributed by atoms with Crippen LogP contribution in [0.3, 0.4) is 0 Å². The molecule has 7 nitrogen and oxygen atoms in total. The van der Waals surface area contributed by atoms with Gasteiger partial charge in [0.25, 0.3) is 10.0 Å². The predicted octanol–water partition coefficient (Wildman–Crippen LogP) is 4.31. The lowest BCUT2D eigenvalue weighted by molar-refractivity contribution is -0.208. The van der Waals surface area contributed by atoms with Crippen molar-refractivity contribution in [2.24, 2.45) is 0 Å². The first-order valence-electron chi connectivity index (χ1n) is 10.0. The zero-order valence-corrected chi connectivity index (χ0v) is 19.8. The number of nitrogens with one attached hydrogen (secondary N) is 2. The quantitative estimate of drug-likeness (QED) is 0.440. The summed E-state index contributed by atoms with van der Waals surface area (Å²) in [7, 11) is -2.78. The summed E-state index contributed by atoms with van der Waals surface area (Å²) in [4.78, 5) is 4.57. The molecule has 3 rings (SSSR count). The van der Waals surface area contributed by atoms with E-state index in [9.17, 15) is 31.1 Å². The molecule has 33 heavy (non-hydrogen) atoms. The third-order valence-electron chi connectivity index (χ3n) is 5.44. The molecule has 2 aromatic rings. The molecule has 1 fully saturated rings. The molecule has 14 heteroatoms. The third kappa shape index (κ3) is 6.47. The monoisotopic (exact) mass is 530 g/mol. The maximum absolute atomic E-state index is 14.8. The Balaban J connectivity index is 1.78. The number of aromatic nitrogens is 1. The van der Waals surface area contributed by atoms with Crippen molar-refractivity contribution >= 4 is 43.8 Å². The predicted molar refractivity (Wildman–Crippen MR) is 119 cm³/mol. The lowest BCUT2D eigenvalue weighted by atomic mass is 9.89. The lowest BCUT2D eigenvalue weighted by Crippen LogP contribution is -2.51. The minimum absolute atomic E-state index is 0.0572. The Bertz CT molecular complexity index is 1050. The number of likely N-dealkylation sites (N-methyl/N-ethyl adjacent to an activating group) is 1. The van der Waals surface area contributed by atoms with Gasteiger partial charge in [-0.05, 0) is 32.0 Å². The number of benzene rings is 1. The highest BCUT2D eigenvalue weighted by molar-refractivity contribution is 7.93. The molecular formula is C19H23ClF4N4O3S2. The Morgan fingerprint density at radius 1 is 1.33 bits per heavy atom. The number of rotatable bonds is 8. The van der Waals surface area contributed by atoms with E-state index in [1.807, 2.05) is 0 Å². The maximum atomic E-state index is 14.8. The van der Waals surface area contributed by atoms with Gasteiger partial charge in [-0.1, -0.05) is 24.4 Å². The van der Waals surface area contributed by atoms with Crippen molar-refractivity contribution < 1.29 is 31.1 Å². The summed E-state index contributed by atoms with van der Waals surface area (Å²) in [6.07, 6.45) is -3.08. The summed E-state index contributed by atoms with van der Waals surface area (Å²) in [5, 5.41) is 14.0. The summed E-state index contributed by atoms with van der Waals surface area (Å²) < 4.78 is 80.3. The van der Waals surface area contributed by atoms with Gasteiger partial charge in [-0.25, -0.2) is 17.8 Å². The Hall–Kier alpha value is -1.67. The summed E-state index contributed by atoms with van der Waals surface area (Å²) >= 11 is 7.27. The zero-order chi connectivity index (χ0) is 24.4. The van der Waals surface area contributed by atoms with E-state index in [4.69, 9.17) is 11.6 Å². The molecule has 1 aromatic heterocycles. The number of hydrogen-bond acceptors (Lipinski definition) is 7. The number of alkyl halides is 3. The molecule has 0 saturated heterocycles. The summed E-state index contributed by atoms with van der Waals surface area (Å²) in [6, 6.07) is 1.18. The Labute approximate surface area is 197 Å². The molecule has 0 spiro atoms. The van der Waals surface area contributed by atoms with Crippen molar-refractivity contribution in [3.8, 4) is 0 Å². The maximum Gasteiger partial charge on any atom is 0.415 e. The van der Waals surface area contributed by atoms with Gasteiger partial charge in [0.2, 0.25) is 0 Å². The molecule has 0 amide bonds. The Kier molecular flexibility index (Phi) is 8.10. The second-order valence-electron chi connectivity index (χ2n) is 7.80. The molecule has 3 N–H and O–H groups in total. The molecule has 1 aliphatic carbocycles. The molecule has 1 saturated carbocycles. The van der Waals surface area contributed by atoms with Crippen molar-refractivity contribution in [3.63, 3.8) is 0 Å². The molecule has 3 atom stereocenters. The molecule has 0 radical (unpaired) electrons. The third-order valence-corrected chi connectivity index (χ3v) is 7.92. The van der Waals surface area contributed by atoms with E-state index >= 15 is 0 Å². The summed E-state index contributed by atoms with van der Waals surface area (Å²) in [5.41, 5.74) is 0.129. The normalized spacial score (nSPS) is 20.6. The molecule has 1 unspecified atom stereocenters. The molecule has 1 aromatic carbocycles. The number of sulfonamides is 1. The fourth-order valence-corrected chi connectivity index (χ4v) is 5.97. The SMILES string of the molecule is CN(C[C@H](O)C(F)(F)F)[C@H]1CCCCC1Nc1cc(F)c(S(=O)(=O)Nc2nccs2)cc1Cl. The van der Waals surface area contributed by atoms with E-state index in [-0.39, 0.29) is 27.9 Å². The number of aliphatic hydroxyl groups is 1. The number of nitrogens with zero attached hydrogens (tertiary/aromatic N) is 2. The fraction of sp³-hybridized carbons (Fsp3) is 0.526. The van der Waals surface area contributed by atoms with E-state index in [0.29, 0.717) is 12.8 Å². The van der Waals surface area contributed by atoms with Crippen LogP contribution in [0.1, 0.15) is 25.7 Å². The van der Waals surface area contributed by atoms with Crippen LogP contribution in [0.15, 0.2) is 28.6 Å². The van der Waals surface area contributed by atoms with Gasteiger partial charge in [0.15, 0.2) is 11.2 Å². The smallest absolute Gasteiger partial charge is 0.382 e. The van der Waals surface area contributed by atoms with Gasteiger partial charge in [0.1, 0.15) is 10.7 Å². The second kappa shape index (κ2) is 10.3. The minimum Gasteiger partial charge on any atom is -0.382 e. The number of aliphatic hydroxyl groups excluding tert-OH is 1. The van der Waals surface area contributed by atoms with Crippen molar-refractivity contribution in [1.29, 1.82) is 0 Å². The molecule has 0 aliphatic heterocycles. The molecule has 1 heterocycles. The van der Waals surface area contributed by atoms with E-state index in [0.717, 1.165) is 36.3 Å². The average Bonchev–Trinajstić information content (AvgIpc) is 3.22. The van der Waals surface area contributed by atoms with Gasteiger partial charge in [-0.3, -0.25) is 9.62 Å². The van der Waals surface area contributed by atoms with Gasteiger partial charge >= 0.3 is 6.18 Å². The van der Waals surface area contributed by atoms with E-state index in [1.165, 1.54) is 18.1 Å². The van der Waals surface area contributed by atoms with Gasteiger partial charge in [0.05, 0.1) is 10.7 Å². The van der Waals surface area contributed by atoms with Crippen LogP contribution in [0, 0.1) is 5.82 Å². The minimum atomic E-state index is -4.73. The van der Waals surface area contributed by atoms with Crippen LogP contribution in [0.5, 0.6) is 0 Å². The highest BCUT2D eigenvalue weighted by atomic mass is 35.5. The average molecular weight is 531 g/mol. The number of halogens is 5. The second-order valence-corrected chi connectivity index (χ2v) is 10.8. The Morgan fingerprint density at radius 3 is 2.67 bits per heavy atom. The first kappa shape index (κ1) is 25.9. The van der Waals surface area contributed by atoms with Gasteiger partial charge < -0.3 is 10.4 Å². The molecular weight excluding hydrogens is 508 g/mol. The van der Waals surface area contributed by atoms with Crippen molar-refractivity contribution in [2.45, 2.75) is 54.9 Å². The summed E-state index contributed by atoms with van der Waals surface area (Å²) in [5.74, 6) is -1.04. The van der Waals surface area contributed by atoms with E-state index in [2.05, 4.69) is 15.0 Å². The highest BCUT2D eigenvalue weighted by Gasteiger charge is 2.40. The van der Waals surface area contributed by atoms with Crippen molar-refractivity contribution in [2.75, 3.05) is 23.6 Å². The summed E-state index contributed by atoms with van der Waals surface area (Å²) in [6.45, 7) is -0.603. The van der Waals surface area contributed by atoms with Gasteiger partial charge in [0, 0.05) is 30.2 Å². The van der Waals surface area contributed by atoms with Gasteiger partial charge in [-0.2, -0.15) is 13.2 Å². The lowest BCUT2D eigenvalue weighted by Gasteiger charge is -2.40. The number of hydrogen-bond donors (Lipinski definition) is 3. The zero-order valence-electron chi connectivity index (χ0n) is 17.4. The van der Waals surface area contributed by atoms with Crippen LogP contribution < -0.4 is 10.0 Å². The van der Waals surface area contributed by atoms with Crippen LogP contribution in [0.2, 0.25) is 5.02 Å². The van der Waals surface area contributed by atoms with Crippen LogP contribution >= 0.6 is 22.9 Å². The van der Waals surface area contributed by atoms with E-state index in [1.54, 1.807) is 5.38 Å². The first-order chi connectivity index (χ1) is 15.4. The molecule has 184 valence electrons. The van der Waals surface area contributed by atoms with Crippen molar-refractivity contribution in [3.05, 3.63) is 34.5 Å². The standard InChI is InChI=1S/C19H23ClF4N4O3S2/c1-28(10-17(29)19(22,23)24)15-5-3-2-4-13(15)26-14-9-12(21)16(8-11(14)20)33(30,31)27-18-25-6-7-32-18/h6-9,13,15,17,26,29H,2-5,10H2,1H3,(H,25,27)/t13?,15-,17-/m0/s1. The van der Waals surface area contributed by atoms with Crippen LogP contribution in [0.4, 0.5) is 28.4 Å². The number of anilines is 2. The molecule has 1 aliphatic rings. The van der Waals surface area contributed by atoms with Crippen molar-refractivity contribution in [1.82, 2.24) is 9.88 Å². The van der Waals surface area contributed by atoms with Gasteiger partial charge in [-0.15, -0.1) is 11.3 Å². The van der Waals surface area contributed by atoms with Crippen LogP contribution in [-0.2, 0) is 10.0 Å². The van der Waals surface area contributed by atoms with Crippen LogP contribution in [0.25, 0.3) is 0 Å². The number of thiazole rings is 1. The highest BCUT2D eigenvalue weighted by Crippen LogP contribution is 2.33. The largest absolute Gasteiger partial charge is 0.415 e. The fourth-order valence-electron chi connectivity index (χ4n) is 3.81.